The third kappa shape index (κ3) is 2.87. The molecule has 1 aliphatic carbocycles. The van der Waals surface area contributed by atoms with Gasteiger partial charge in [-0.2, -0.15) is 0 Å². The van der Waals surface area contributed by atoms with Gasteiger partial charge in [-0.3, -0.25) is 0 Å². The van der Waals surface area contributed by atoms with Crippen molar-refractivity contribution >= 4 is 0 Å². The summed E-state index contributed by atoms with van der Waals surface area (Å²) in [4.78, 5) is 0. The van der Waals surface area contributed by atoms with Gasteiger partial charge < -0.3 is 18.9 Å². The molecule has 0 aromatic rings. The van der Waals surface area contributed by atoms with E-state index < -0.39 is 0 Å². The monoisotopic (exact) mass is 258 g/mol. The van der Waals surface area contributed by atoms with Gasteiger partial charge >= 0.3 is 0 Å². The molecule has 0 unspecified atom stereocenters. The van der Waals surface area contributed by atoms with Crippen molar-refractivity contribution in [1.29, 1.82) is 0 Å². The van der Waals surface area contributed by atoms with Crippen molar-refractivity contribution in [3.8, 4) is 0 Å². The van der Waals surface area contributed by atoms with Crippen LogP contribution in [0.3, 0.4) is 0 Å². The summed E-state index contributed by atoms with van der Waals surface area (Å²) in [7, 11) is 5.25. The second-order valence-corrected chi connectivity index (χ2v) is 5.33. The first-order chi connectivity index (χ1) is 8.81. The highest BCUT2D eigenvalue weighted by molar-refractivity contribution is 4.92. The van der Waals surface area contributed by atoms with Gasteiger partial charge in [-0.1, -0.05) is 25.7 Å². The Labute approximate surface area is 110 Å². The molecule has 0 aromatic carbocycles. The van der Waals surface area contributed by atoms with Crippen LogP contribution in [0.1, 0.15) is 38.5 Å². The molecule has 0 spiro atoms. The molecule has 1 heterocycles. The van der Waals surface area contributed by atoms with Gasteiger partial charge in [0.05, 0.1) is 12.2 Å². The normalized spacial score (nSPS) is 41.8. The van der Waals surface area contributed by atoms with Crippen molar-refractivity contribution in [1.82, 2.24) is 0 Å². The number of hydrogen-bond donors (Lipinski definition) is 0. The molecule has 0 aromatic heterocycles. The fraction of sp³-hybridized carbons (Fsp3) is 1.00. The lowest BCUT2D eigenvalue weighted by molar-refractivity contribution is -0.159. The summed E-state index contributed by atoms with van der Waals surface area (Å²) in [6, 6.07) is 0. The second kappa shape index (κ2) is 6.85. The van der Waals surface area contributed by atoms with Crippen molar-refractivity contribution in [2.24, 2.45) is 5.92 Å². The maximum absolute atomic E-state index is 6.04. The Hall–Kier alpha value is -0.160. The minimum Gasteiger partial charge on any atom is -0.379 e. The summed E-state index contributed by atoms with van der Waals surface area (Å²) in [5.74, 6) is 0.334. The van der Waals surface area contributed by atoms with Crippen molar-refractivity contribution in [3.63, 3.8) is 0 Å². The second-order valence-electron chi connectivity index (χ2n) is 5.33. The van der Waals surface area contributed by atoms with E-state index in [0.29, 0.717) is 5.92 Å². The van der Waals surface area contributed by atoms with Gasteiger partial charge in [0.15, 0.2) is 6.29 Å². The quantitative estimate of drug-likeness (QED) is 0.778. The van der Waals surface area contributed by atoms with Crippen LogP contribution >= 0.6 is 0 Å². The number of ether oxygens (including phenoxy) is 4. The van der Waals surface area contributed by atoms with Crippen LogP contribution in [0.5, 0.6) is 0 Å². The molecule has 106 valence electrons. The SMILES string of the molecule is CO[C@H]1O[C@H]2[C@@H](OC)[C@H]1CCCCCC[C@@H]2OC. The molecule has 0 radical (unpaired) electrons. The lowest BCUT2D eigenvalue weighted by Gasteiger charge is -2.28. The molecular weight excluding hydrogens is 232 g/mol. The smallest absolute Gasteiger partial charge is 0.163 e. The molecule has 4 nitrogen and oxygen atoms in total. The highest BCUT2D eigenvalue weighted by Crippen LogP contribution is 2.37. The summed E-state index contributed by atoms with van der Waals surface area (Å²) < 4.78 is 22.8. The van der Waals surface area contributed by atoms with Crippen LogP contribution in [0.4, 0.5) is 0 Å². The van der Waals surface area contributed by atoms with Crippen molar-refractivity contribution in [3.05, 3.63) is 0 Å². The maximum Gasteiger partial charge on any atom is 0.163 e. The van der Waals surface area contributed by atoms with E-state index in [0.717, 1.165) is 12.8 Å². The molecule has 1 saturated carbocycles. The molecule has 2 aliphatic rings. The Morgan fingerprint density at radius 1 is 0.833 bits per heavy atom. The van der Waals surface area contributed by atoms with Gasteiger partial charge in [-0.05, 0) is 12.8 Å². The molecule has 5 atom stereocenters. The van der Waals surface area contributed by atoms with Crippen LogP contribution in [0.15, 0.2) is 0 Å². The molecule has 1 saturated heterocycles. The van der Waals surface area contributed by atoms with Crippen molar-refractivity contribution in [2.45, 2.75) is 63.1 Å². The lowest BCUT2D eigenvalue weighted by atomic mass is 9.89. The van der Waals surface area contributed by atoms with E-state index in [1.165, 1.54) is 25.7 Å². The van der Waals surface area contributed by atoms with Crippen LogP contribution in [-0.2, 0) is 18.9 Å². The van der Waals surface area contributed by atoms with Crippen LogP contribution < -0.4 is 0 Å². The van der Waals surface area contributed by atoms with E-state index in [4.69, 9.17) is 18.9 Å². The number of methoxy groups -OCH3 is 3. The van der Waals surface area contributed by atoms with Gasteiger partial charge in [-0.15, -0.1) is 0 Å². The molecule has 18 heavy (non-hydrogen) atoms. The average molecular weight is 258 g/mol. The first-order valence-corrected chi connectivity index (χ1v) is 7.05. The molecule has 2 fully saturated rings. The van der Waals surface area contributed by atoms with E-state index in [-0.39, 0.29) is 24.6 Å². The lowest BCUT2D eigenvalue weighted by Crippen LogP contribution is -2.39. The van der Waals surface area contributed by atoms with Crippen LogP contribution in [0.25, 0.3) is 0 Å². The van der Waals surface area contributed by atoms with Gasteiger partial charge in [-0.25, -0.2) is 0 Å². The first-order valence-electron chi connectivity index (χ1n) is 7.05. The molecule has 2 bridgehead atoms. The zero-order valence-electron chi connectivity index (χ0n) is 11.8. The Bertz CT molecular complexity index is 246. The predicted octanol–water partition coefficient (Wildman–Crippen LogP) is 2.36. The highest BCUT2D eigenvalue weighted by Gasteiger charge is 2.48. The van der Waals surface area contributed by atoms with E-state index in [2.05, 4.69) is 0 Å². The van der Waals surface area contributed by atoms with Gasteiger partial charge in [0.25, 0.3) is 0 Å². The fourth-order valence-electron chi connectivity index (χ4n) is 3.37. The molecule has 1 aliphatic heterocycles. The fourth-order valence-corrected chi connectivity index (χ4v) is 3.37. The number of hydrogen-bond acceptors (Lipinski definition) is 4. The minimum atomic E-state index is -0.143. The maximum atomic E-state index is 6.04. The molecule has 0 amide bonds. The molecule has 4 heteroatoms. The Kier molecular flexibility index (Phi) is 5.42. The predicted molar refractivity (Wildman–Crippen MR) is 68.5 cm³/mol. The third-order valence-corrected chi connectivity index (χ3v) is 4.34. The van der Waals surface area contributed by atoms with Crippen molar-refractivity contribution in [2.75, 3.05) is 21.3 Å². The summed E-state index contributed by atoms with van der Waals surface area (Å²) in [5.41, 5.74) is 0. The van der Waals surface area contributed by atoms with E-state index in [1.54, 1.807) is 21.3 Å². The zero-order chi connectivity index (χ0) is 13.0. The van der Waals surface area contributed by atoms with Crippen LogP contribution in [0.2, 0.25) is 0 Å². The van der Waals surface area contributed by atoms with Crippen molar-refractivity contribution < 1.29 is 18.9 Å². The summed E-state index contributed by atoms with van der Waals surface area (Å²) in [6.07, 6.45) is 7.25. The molecular formula is C14H26O4. The average Bonchev–Trinajstić information content (AvgIpc) is 2.74. The van der Waals surface area contributed by atoms with Crippen LogP contribution in [0, 0.1) is 5.92 Å². The Morgan fingerprint density at radius 3 is 2.17 bits per heavy atom. The van der Waals surface area contributed by atoms with Crippen LogP contribution in [-0.4, -0.2) is 45.9 Å². The number of rotatable bonds is 3. The largest absolute Gasteiger partial charge is 0.379 e. The topological polar surface area (TPSA) is 36.9 Å². The minimum absolute atomic E-state index is 0.00745. The van der Waals surface area contributed by atoms with Gasteiger partial charge in [0, 0.05) is 27.2 Å². The standard InChI is InChI=1S/C14H26O4/c1-15-11-9-7-5-4-6-8-10-12(16-2)13(11)18-14(10)17-3/h10-14H,4-9H2,1-3H3/t10-,11+,12+,13-,14+/m1/s1. The van der Waals surface area contributed by atoms with E-state index in [1.807, 2.05) is 0 Å². The Morgan fingerprint density at radius 2 is 1.56 bits per heavy atom. The number of fused-ring (bicyclic) bond motifs is 2. The van der Waals surface area contributed by atoms with Gasteiger partial charge in [0.2, 0.25) is 0 Å². The first kappa shape index (κ1) is 14.3. The van der Waals surface area contributed by atoms with E-state index >= 15 is 0 Å². The highest BCUT2D eigenvalue weighted by atomic mass is 16.7. The molecule has 2 rings (SSSR count). The summed E-state index contributed by atoms with van der Waals surface area (Å²) in [5, 5.41) is 0. The Balaban J connectivity index is 2.15. The third-order valence-electron chi connectivity index (χ3n) is 4.34. The zero-order valence-corrected chi connectivity index (χ0v) is 11.8. The molecule has 0 N–H and O–H groups in total. The van der Waals surface area contributed by atoms with E-state index in [9.17, 15) is 0 Å². The summed E-state index contributed by atoms with van der Waals surface area (Å²) in [6.45, 7) is 0. The summed E-state index contributed by atoms with van der Waals surface area (Å²) >= 11 is 0. The van der Waals surface area contributed by atoms with Gasteiger partial charge in [0.1, 0.15) is 6.10 Å².